The number of benzene rings is 1. The zero-order valence-corrected chi connectivity index (χ0v) is 17.0. The minimum atomic E-state index is 0.222. The molecule has 0 aromatic heterocycles. The summed E-state index contributed by atoms with van der Waals surface area (Å²) in [5.74, 6) is 1.03. The molecule has 0 bridgehead atoms. The highest BCUT2D eigenvalue weighted by Crippen LogP contribution is 2.47. The van der Waals surface area contributed by atoms with Crippen molar-refractivity contribution in [2.75, 3.05) is 53.0 Å². The average molecular weight is 391 g/mol. The third kappa shape index (κ3) is 4.10. The van der Waals surface area contributed by atoms with Crippen molar-refractivity contribution in [2.45, 2.75) is 31.7 Å². The van der Waals surface area contributed by atoms with Gasteiger partial charge in [0.15, 0.2) is 5.96 Å². The molecular formula is C21H31ClN4O. The lowest BCUT2D eigenvalue weighted by Crippen LogP contribution is -2.47. The van der Waals surface area contributed by atoms with E-state index in [-0.39, 0.29) is 6.04 Å². The summed E-state index contributed by atoms with van der Waals surface area (Å²) in [7, 11) is 1.90. The number of nitrogens with one attached hydrogen (secondary N) is 1. The minimum Gasteiger partial charge on any atom is -0.379 e. The van der Waals surface area contributed by atoms with Crippen molar-refractivity contribution in [3.05, 3.63) is 34.9 Å². The molecule has 1 spiro atoms. The van der Waals surface area contributed by atoms with Crippen LogP contribution >= 0.6 is 11.6 Å². The molecule has 1 saturated carbocycles. The second kappa shape index (κ2) is 8.38. The van der Waals surface area contributed by atoms with Gasteiger partial charge in [-0.15, -0.1) is 0 Å². The summed E-state index contributed by atoms with van der Waals surface area (Å²) in [5, 5.41) is 4.49. The number of halogens is 1. The van der Waals surface area contributed by atoms with E-state index in [1.54, 1.807) is 0 Å². The van der Waals surface area contributed by atoms with Crippen molar-refractivity contribution in [2.24, 2.45) is 10.4 Å². The molecule has 27 heavy (non-hydrogen) atoms. The highest BCUT2D eigenvalue weighted by Gasteiger charge is 2.43. The van der Waals surface area contributed by atoms with Crippen LogP contribution in [0.2, 0.25) is 5.02 Å². The van der Waals surface area contributed by atoms with E-state index in [1.165, 1.54) is 31.2 Å². The largest absolute Gasteiger partial charge is 0.379 e. The third-order valence-electron chi connectivity index (χ3n) is 6.57. The van der Waals surface area contributed by atoms with E-state index < -0.39 is 0 Å². The van der Waals surface area contributed by atoms with Crippen LogP contribution in [-0.4, -0.2) is 68.7 Å². The number of hydrogen-bond donors (Lipinski definition) is 1. The van der Waals surface area contributed by atoms with Gasteiger partial charge in [-0.05, 0) is 36.3 Å². The topological polar surface area (TPSA) is 40.1 Å². The van der Waals surface area contributed by atoms with E-state index >= 15 is 0 Å². The molecule has 2 aliphatic heterocycles. The fourth-order valence-electron chi connectivity index (χ4n) is 4.79. The van der Waals surface area contributed by atoms with Gasteiger partial charge in [0.05, 0.1) is 19.3 Å². The van der Waals surface area contributed by atoms with Crippen LogP contribution in [0.3, 0.4) is 0 Å². The first kappa shape index (κ1) is 19.0. The Balaban J connectivity index is 1.45. The molecule has 1 atom stereocenters. The Morgan fingerprint density at radius 1 is 1.22 bits per heavy atom. The number of ether oxygens (including phenoxy) is 1. The van der Waals surface area contributed by atoms with Crippen molar-refractivity contribution in [1.29, 1.82) is 0 Å². The van der Waals surface area contributed by atoms with Gasteiger partial charge in [-0.1, -0.05) is 36.2 Å². The van der Waals surface area contributed by atoms with E-state index in [2.05, 4.69) is 32.2 Å². The Morgan fingerprint density at radius 2 is 2.00 bits per heavy atom. The van der Waals surface area contributed by atoms with E-state index in [4.69, 9.17) is 16.3 Å². The molecule has 4 rings (SSSR count). The maximum absolute atomic E-state index is 6.55. The van der Waals surface area contributed by atoms with Crippen LogP contribution in [0.1, 0.15) is 37.3 Å². The SMILES string of the molecule is CN=C(NCC(c1ccccc1Cl)N1CCOCC1)N1CCC2(CCC2)C1. The monoisotopic (exact) mass is 390 g/mol. The molecule has 1 N–H and O–H groups in total. The number of morpholine rings is 1. The van der Waals surface area contributed by atoms with Crippen LogP contribution in [0, 0.1) is 5.41 Å². The summed E-state index contributed by atoms with van der Waals surface area (Å²) in [6, 6.07) is 8.42. The third-order valence-corrected chi connectivity index (χ3v) is 6.91. The second-order valence-corrected chi connectivity index (χ2v) is 8.55. The van der Waals surface area contributed by atoms with Gasteiger partial charge < -0.3 is 15.0 Å². The molecule has 1 unspecified atom stereocenters. The van der Waals surface area contributed by atoms with Crippen molar-refractivity contribution in [3.63, 3.8) is 0 Å². The van der Waals surface area contributed by atoms with Crippen LogP contribution in [0.4, 0.5) is 0 Å². The van der Waals surface area contributed by atoms with Crippen LogP contribution in [0.15, 0.2) is 29.3 Å². The number of hydrogen-bond acceptors (Lipinski definition) is 3. The normalized spacial score (nSPS) is 24.1. The molecule has 3 fully saturated rings. The highest BCUT2D eigenvalue weighted by molar-refractivity contribution is 6.31. The predicted octanol–water partition coefficient (Wildman–Crippen LogP) is 3.16. The van der Waals surface area contributed by atoms with Crippen LogP contribution in [0.25, 0.3) is 0 Å². The Bertz CT molecular complexity index is 670. The van der Waals surface area contributed by atoms with Gasteiger partial charge in [-0.2, -0.15) is 0 Å². The predicted molar refractivity (Wildman–Crippen MR) is 110 cm³/mol. The summed E-state index contributed by atoms with van der Waals surface area (Å²) in [6.45, 7) is 6.51. The van der Waals surface area contributed by atoms with Crippen molar-refractivity contribution < 1.29 is 4.74 Å². The van der Waals surface area contributed by atoms with Crippen molar-refractivity contribution >= 4 is 17.6 Å². The summed E-state index contributed by atoms with van der Waals surface area (Å²) >= 11 is 6.55. The lowest BCUT2D eigenvalue weighted by atomic mass is 9.68. The lowest BCUT2D eigenvalue weighted by molar-refractivity contribution is 0.0169. The van der Waals surface area contributed by atoms with E-state index in [9.17, 15) is 0 Å². The summed E-state index contributed by atoms with van der Waals surface area (Å²) in [4.78, 5) is 9.50. The number of nitrogens with zero attached hydrogens (tertiary/aromatic N) is 3. The maximum Gasteiger partial charge on any atom is 0.193 e. The van der Waals surface area contributed by atoms with E-state index in [0.717, 1.165) is 56.9 Å². The number of guanidine groups is 1. The zero-order valence-electron chi connectivity index (χ0n) is 16.3. The quantitative estimate of drug-likeness (QED) is 0.633. The zero-order chi connectivity index (χ0) is 18.7. The Hall–Kier alpha value is -1.30. The van der Waals surface area contributed by atoms with Gasteiger partial charge in [0.2, 0.25) is 0 Å². The Kier molecular flexibility index (Phi) is 5.90. The summed E-state index contributed by atoms with van der Waals surface area (Å²) < 4.78 is 5.56. The minimum absolute atomic E-state index is 0.222. The van der Waals surface area contributed by atoms with E-state index in [0.29, 0.717) is 5.41 Å². The Labute approximate surface area is 167 Å². The van der Waals surface area contributed by atoms with Gasteiger partial charge in [0.1, 0.15) is 0 Å². The number of likely N-dealkylation sites (tertiary alicyclic amines) is 1. The molecule has 148 valence electrons. The maximum atomic E-state index is 6.55. The molecule has 0 radical (unpaired) electrons. The summed E-state index contributed by atoms with van der Waals surface area (Å²) in [5.41, 5.74) is 1.75. The number of aliphatic imine (C=N–C) groups is 1. The molecule has 3 aliphatic rings. The van der Waals surface area contributed by atoms with Crippen LogP contribution < -0.4 is 5.32 Å². The first-order valence-corrected chi connectivity index (χ1v) is 10.6. The molecule has 1 aromatic rings. The van der Waals surface area contributed by atoms with Gasteiger partial charge in [0.25, 0.3) is 0 Å². The molecule has 6 heteroatoms. The van der Waals surface area contributed by atoms with Crippen molar-refractivity contribution in [1.82, 2.24) is 15.1 Å². The molecule has 1 aliphatic carbocycles. The first-order chi connectivity index (χ1) is 13.2. The second-order valence-electron chi connectivity index (χ2n) is 8.14. The Morgan fingerprint density at radius 3 is 2.63 bits per heavy atom. The standard InChI is InChI=1S/C21H31ClN4O/c1-23-20(26-10-9-21(16-26)7-4-8-21)24-15-19(25-11-13-27-14-12-25)17-5-2-3-6-18(17)22/h2-3,5-6,19H,4,7-16H2,1H3,(H,23,24). The molecule has 2 heterocycles. The first-order valence-electron chi connectivity index (χ1n) is 10.2. The molecule has 1 aromatic carbocycles. The molecule has 2 saturated heterocycles. The summed E-state index contributed by atoms with van der Waals surface area (Å²) in [6.07, 6.45) is 5.48. The van der Waals surface area contributed by atoms with Crippen LogP contribution in [0.5, 0.6) is 0 Å². The van der Waals surface area contributed by atoms with Gasteiger partial charge >= 0.3 is 0 Å². The smallest absolute Gasteiger partial charge is 0.193 e. The molecular weight excluding hydrogens is 360 g/mol. The highest BCUT2D eigenvalue weighted by atomic mass is 35.5. The van der Waals surface area contributed by atoms with E-state index in [1.807, 2.05) is 19.2 Å². The van der Waals surface area contributed by atoms with Gasteiger partial charge in [0, 0.05) is 44.8 Å². The fraction of sp³-hybridized carbons (Fsp3) is 0.667. The molecule has 5 nitrogen and oxygen atoms in total. The van der Waals surface area contributed by atoms with Crippen LogP contribution in [-0.2, 0) is 4.74 Å². The van der Waals surface area contributed by atoms with Crippen molar-refractivity contribution in [3.8, 4) is 0 Å². The molecule has 0 amide bonds. The van der Waals surface area contributed by atoms with Gasteiger partial charge in [-0.25, -0.2) is 0 Å². The average Bonchev–Trinajstić information content (AvgIpc) is 3.13. The fourth-order valence-corrected chi connectivity index (χ4v) is 5.05. The number of rotatable bonds is 4. The lowest BCUT2D eigenvalue weighted by Gasteiger charge is -2.38. The van der Waals surface area contributed by atoms with Gasteiger partial charge in [-0.3, -0.25) is 9.89 Å².